The Morgan fingerprint density at radius 1 is 1.07 bits per heavy atom. The first kappa shape index (κ1) is 23.7. The molecule has 11 heteroatoms. The number of amides is 1. The van der Waals surface area contributed by atoms with Crippen LogP contribution in [0.15, 0.2) is 41.3 Å². The number of piperazine rings is 1. The van der Waals surface area contributed by atoms with Crippen LogP contribution in [0.25, 0.3) is 0 Å². The van der Waals surface area contributed by atoms with Gasteiger partial charge in [0, 0.05) is 26.2 Å². The van der Waals surface area contributed by atoms with Crippen LogP contribution in [-0.2, 0) is 10.0 Å². The van der Waals surface area contributed by atoms with Crippen LogP contribution in [0, 0.1) is 5.82 Å². The van der Waals surface area contributed by atoms with Crippen molar-refractivity contribution in [3.05, 3.63) is 57.8 Å². The summed E-state index contributed by atoms with van der Waals surface area (Å²) in [6.45, 7) is 2.42. The third kappa shape index (κ3) is 5.32. The first-order chi connectivity index (χ1) is 13.2. The number of anilines is 1. The molecule has 1 aliphatic rings. The van der Waals surface area contributed by atoms with Crippen LogP contribution in [0.4, 0.5) is 10.1 Å². The number of hydrogen-bond donors (Lipinski definition) is 1. The summed E-state index contributed by atoms with van der Waals surface area (Å²) in [5.41, 5.74) is -0.190. The third-order valence-electron chi connectivity index (χ3n) is 4.45. The molecule has 3 rings (SSSR count). The summed E-state index contributed by atoms with van der Waals surface area (Å²) in [4.78, 5) is 16.2. The van der Waals surface area contributed by atoms with Gasteiger partial charge in [-0.3, -0.25) is 9.52 Å². The predicted octanol–water partition coefficient (Wildman–Crippen LogP) is 3.74. The Morgan fingerprint density at radius 2 is 1.69 bits per heavy atom. The molecule has 0 aromatic heterocycles. The SMILES string of the molecule is CN1CCN(C(=O)c2cc(S(=O)(=O)Nc3ccccc3F)c(Cl)cc2Cl)CC1.Cl. The lowest BCUT2D eigenvalue weighted by molar-refractivity contribution is 0.0664. The summed E-state index contributed by atoms with van der Waals surface area (Å²) in [6, 6.07) is 7.69. The summed E-state index contributed by atoms with van der Waals surface area (Å²) >= 11 is 12.2. The molecule has 1 saturated heterocycles. The predicted molar refractivity (Wildman–Crippen MR) is 114 cm³/mol. The highest BCUT2D eigenvalue weighted by atomic mass is 35.5. The van der Waals surface area contributed by atoms with Gasteiger partial charge >= 0.3 is 0 Å². The van der Waals surface area contributed by atoms with Crippen molar-refractivity contribution in [2.24, 2.45) is 0 Å². The second-order valence-electron chi connectivity index (χ2n) is 6.44. The van der Waals surface area contributed by atoms with Crippen molar-refractivity contribution in [2.75, 3.05) is 37.9 Å². The first-order valence-corrected chi connectivity index (χ1v) is 10.7. The van der Waals surface area contributed by atoms with Crippen molar-refractivity contribution < 1.29 is 17.6 Å². The molecule has 0 bridgehead atoms. The van der Waals surface area contributed by atoms with Crippen LogP contribution in [0.3, 0.4) is 0 Å². The lowest BCUT2D eigenvalue weighted by atomic mass is 10.2. The van der Waals surface area contributed by atoms with E-state index in [1.807, 2.05) is 7.05 Å². The Morgan fingerprint density at radius 3 is 2.31 bits per heavy atom. The fraction of sp³-hybridized carbons (Fsp3) is 0.278. The Labute approximate surface area is 185 Å². The molecule has 1 aliphatic heterocycles. The molecular formula is C18H19Cl3FN3O3S. The van der Waals surface area contributed by atoms with E-state index >= 15 is 0 Å². The summed E-state index contributed by atoms with van der Waals surface area (Å²) in [7, 11) is -2.28. The number of carbonyl (C=O) groups excluding carboxylic acids is 1. The van der Waals surface area contributed by atoms with Gasteiger partial charge in [0.1, 0.15) is 10.7 Å². The minimum atomic E-state index is -4.24. The van der Waals surface area contributed by atoms with Crippen molar-refractivity contribution in [3.63, 3.8) is 0 Å². The lowest BCUT2D eigenvalue weighted by Crippen LogP contribution is -2.47. The molecule has 0 unspecified atom stereocenters. The van der Waals surface area contributed by atoms with Crippen LogP contribution < -0.4 is 4.72 Å². The monoisotopic (exact) mass is 481 g/mol. The normalized spacial score (nSPS) is 15.0. The van der Waals surface area contributed by atoms with Crippen molar-refractivity contribution in [2.45, 2.75) is 4.90 Å². The van der Waals surface area contributed by atoms with Crippen molar-refractivity contribution in [3.8, 4) is 0 Å². The fourth-order valence-corrected chi connectivity index (χ4v) is 4.74. The fourth-order valence-electron chi connectivity index (χ4n) is 2.82. The van der Waals surface area contributed by atoms with E-state index in [4.69, 9.17) is 23.2 Å². The van der Waals surface area contributed by atoms with Gasteiger partial charge in [0.05, 0.1) is 21.3 Å². The van der Waals surface area contributed by atoms with E-state index < -0.39 is 15.8 Å². The highest BCUT2D eigenvalue weighted by molar-refractivity contribution is 7.92. The molecule has 1 fully saturated rings. The quantitative estimate of drug-likeness (QED) is 0.721. The lowest BCUT2D eigenvalue weighted by Gasteiger charge is -2.32. The van der Waals surface area contributed by atoms with E-state index in [1.54, 1.807) is 4.90 Å². The van der Waals surface area contributed by atoms with E-state index in [-0.39, 0.29) is 44.5 Å². The Balaban J connectivity index is 0.00000300. The van der Waals surface area contributed by atoms with Gasteiger partial charge in [-0.2, -0.15) is 0 Å². The highest BCUT2D eigenvalue weighted by Crippen LogP contribution is 2.31. The Kier molecular flexibility index (Phi) is 7.75. The molecule has 0 saturated carbocycles. The molecule has 29 heavy (non-hydrogen) atoms. The topological polar surface area (TPSA) is 69.7 Å². The molecule has 0 radical (unpaired) electrons. The molecule has 0 atom stereocenters. The average Bonchev–Trinajstić information content (AvgIpc) is 2.63. The largest absolute Gasteiger partial charge is 0.336 e. The second kappa shape index (κ2) is 9.49. The summed E-state index contributed by atoms with van der Waals surface area (Å²) in [5.74, 6) is -1.11. The van der Waals surface area contributed by atoms with E-state index in [0.29, 0.717) is 26.2 Å². The van der Waals surface area contributed by atoms with Gasteiger partial charge in [-0.15, -0.1) is 12.4 Å². The Bertz CT molecular complexity index is 1010. The van der Waals surface area contributed by atoms with Crippen LogP contribution in [0.5, 0.6) is 0 Å². The molecule has 0 spiro atoms. The van der Waals surface area contributed by atoms with E-state index in [1.165, 1.54) is 24.3 Å². The third-order valence-corrected chi connectivity index (χ3v) is 6.59. The smallest absolute Gasteiger partial charge is 0.263 e. The number of likely N-dealkylation sites (N-methyl/N-ethyl adjacent to an activating group) is 1. The minimum Gasteiger partial charge on any atom is -0.336 e. The highest BCUT2D eigenvalue weighted by Gasteiger charge is 2.27. The minimum absolute atomic E-state index is 0. The van der Waals surface area contributed by atoms with Crippen molar-refractivity contribution >= 4 is 57.2 Å². The molecule has 158 valence electrons. The zero-order valence-corrected chi connectivity index (χ0v) is 18.5. The Hall–Kier alpha value is -1.58. The van der Waals surface area contributed by atoms with Crippen LogP contribution in [0.2, 0.25) is 10.0 Å². The number of para-hydroxylation sites is 1. The first-order valence-electron chi connectivity index (χ1n) is 8.43. The standard InChI is InChI=1S/C18H18Cl2FN3O3S.ClH/c1-23-6-8-24(9-7-23)18(25)12-10-17(14(20)11-13(12)19)28(26,27)22-16-5-3-2-4-15(16)21;/h2-5,10-11,22H,6-9H2,1H3;1H. The molecular weight excluding hydrogens is 464 g/mol. The van der Waals surface area contributed by atoms with E-state index in [0.717, 1.165) is 12.1 Å². The zero-order chi connectivity index (χ0) is 20.5. The van der Waals surface area contributed by atoms with Crippen LogP contribution >= 0.6 is 35.6 Å². The van der Waals surface area contributed by atoms with Crippen LogP contribution in [-0.4, -0.2) is 57.4 Å². The number of hydrogen-bond acceptors (Lipinski definition) is 4. The molecule has 2 aromatic carbocycles. The van der Waals surface area contributed by atoms with E-state index in [9.17, 15) is 17.6 Å². The molecule has 0 aliphatic carbocycles. The second-order valence-corrected chi connectivity index (χ2v) is 8.91. The number of carbonyl (C=O) groups is 1. The number of nitrogens with one attached hydrogen (secondary N) is 1. The number of rotatable bonds is 4. The molecule has 1 N–H and O–H groups in total. The zero-order valence-electron chi connectivity index (χ0n) is 15.4. The van der Waals surface area contributed by atoms with Gasteiger partial charge < -0.3 is 9.80 Å². The molecule has 6 nitrogen and oxygen atoms in total. The number of sulfonamides is 1. The maximum Gasteiger partial charge on any atom is 0.263 e. The maximum atomic E-state index is 13.8. The molecule has 1 amide bonds. The van der Waals surface area contributed by atoms with Gasteiger partial charge in [-0.05, 0) is 31.3 Å². The molecule has 1 heterocycles. The van der Waals surface area contributed by atoms with Gasteiger partial charge in [-0.25, -0.2) is 12.8 Å². The van der Waals surface area contributed by atoms with Crippen molar-refractivity contribution in [1.29, 1.82) is 0 Å². The van der Waals surface area contributed by atoms with Gasteiger partial charge in [0.25, 0.3) is 15.9 Å². The number of halogens is 4. The van der Waals surface area contributed by atoms with E-state index in [2.05, 4.69) is 9.62 Å². The summed E-state index contributed by atoms with van der Waals surface area (Å²) < 4.78 is 41.5. The summed E-state index contributed by atoms with van der Waals surface area (Å²) in [5, 5.41) is -0.109. The van der Waals surface area contributed by atoms with Crippen molar-refractivity contribution in [1.82, 2.24) is 9.80 Å². The summed E-state index contributed by atoms with van der Waals surface area (Å²) in [6.07, 6.45) is 0. The maximum absolute atomic E-state index is 13.8. The number of nitrogens with zero attached hydrogens (tertiary/aromatic N) is 2. The van der Waals surface area contributed by atoms with Gasteiger partial charge in [-0.1, -0.05) is 35.3 Å². The van der Waals surface area contributed by atoms with Crippen LogP contribution in [0.1, 0.15) is 10.4 Å². The number of benzene rings is 2. The molecule has 2 aromatic rings. The average molecular weight is 483 g/mol. The van der Waals surface area contributed by atoms with Gasteiger partial charge in [0.15, 0.2) is 0 Å². The van der Waals surface area contributed by atoms with Gasteiger partial charge in [0.2, 0.25) is 0 Å².